The van der Waals surface area contributed by atoms with Gasteiger partial charge in [0.15, 0.2) is 0 Å². The highest BCUT2D eigenvalue weighted by atomic mass is 19.4. The molecule has 2 aromatic carbocycles. The van der Waals surface area contributed by atoms with Gasteiger partial charge in [-0.3, -0.25) is 19.3 Å². The van der Waals surface area contributed by atoms with E-state index in [-0.39, 0.29) is 23.5 Å². The van der Waals surface area contributed by atoms with Crippen LogP contribution in [-0.2, 0) is 20.6 Å². The van der Waals surface area contributed by atoms with Crippen LogP contribution < -0.4 is 5.32 Å². The summed E-state index contributed by atoms with van der Waals surface area (Å²) in [6.45, 7) is 0. The molecule has 9 heteroatoms. The number of hydrogen-bond donors (Lipinski definition) is 1. The predicted molar refractivity (Wildman–Crippen MR) is 130 cm³/mol. The standard InChI is InChI=1S/C28H26F3N3O3/c29-28(30,31)17-8-6-9-18(15-17)32-25(35)24-22-21(23-20-12-5-4-7-16(20)13-14-33(23)24)26(36)34(27(22)37)19-10-2-1-3-11-19/h4-9,12-15,19,21-24H,1-3,10-11H2,(H,32,35)/t21-,22+,23+,24-/m0/s1. The van der Waals surface area contributed by atoms with Gasteiger partial charge in [-0.2, -0.15) is 13.2 Å². The molecule has 3 heterocycles. The number of carbonyl (C=O) groups excluding carboxylic acids is 3. The van der Waals surface area contributed by atoms with Gasteiger partial charge in [0.05, 0.1) is 23.4 Å². The van der Waals surface area contributed by atoms with E-state index in [9.17, 15) is 27.6 Å². The van der Waals surface area contributed by atoms with E-state index in [2.05, 4.69) is 5.32 Å². The van der Waals surface area contributed by atoms with E-state index in [0.717, 1.165) is 55.4 Å². The highest BCUT2D eigenvalue weighted by molar-refractivity contribution is 6.11. The van der Waals surface area contributed by atoms with Crippen LogP contribution >= 0.6 is 0 Å². The lowest BCUT2D eigenvalue weighted by atomic mass is 9.84. The van der Waals surface area contributed by atoms with Gasteiger partial charge in [0.2, 0.25) is 17.7 Å². The summed E-state index contributed by atoms with van der Waals surface area (Å²) in [6, 6.07) is 10.3. The minimum Gasteiger partial charge on any atom is -0.357 e. The number of amides is 3. The van der Waals surface area contributed by atoms with Crippen molar-refractivity contribution in [1.29, 1.82) is 0 Å². The maximum absolute atomic E-state index is 13.8. The summed E-state index contributed by atoms with van der Waals surface area (Å²) in [4.78, 5) is 44.5. The van der Waals surface area contributed by atoms with Gasteiger partial charge in [-0.25, -0.2) is 0 Å². The number of nitrogens with one attached hydrogen (secondary N) is 1. The normalized spacial score (nSPS) is 27.2. The Labute approximate surface area is 212 Å². The van der Waals surface area contributed by atoms with Gasteiger partial charge in [-0.05, 0) is 48.2 Å². The summed E-state index contributed by atoms with van der Waals surface area (Å²) in [5.74, 6) is -2.87. The number of halogens is 3. The summed E-state index contributed by atoms with van der Waals surface area (Å²) in [5.41, 5.74) is 0.885. The van der Waals surface area contributed by atoms with Crippen LogP contribution in [0.2, 0.25) is 0 Å². The molecule has 0 radical (unpaired) electrons. The van der Waals surface area contributed by atoms with Gasteiger partial charge in [-0.1, -0.05) is 49.6 Å². The molecule has 0 spiro atoms. The first-order valence-corrected chi connectivity index (χ1v) is 12.7. The fourth-order valence-corrected chi connectivity index (χ4v) is 6.57. The Kier molecular flexibility index (Phi) is 5.62. The zero-order valence-corrected chi connectivity index (χ0v) is 19.9. The fourth-order valence-electron chi connectivity index (χ4n) is 6.57. The minimum absolute atomic E-state index is 0.0119. The Morgan fingerprint density at radius 1 is 0.919 bits per heavy atom. The SMILES string of the molecule is O=C(Nc1cccc(C(F)(F)F)c1)[C@@H]1[C@@H]2C(=O)N(C3CCCCC3)C(=O)[C@@H]2[C@H]2c3ccccc3C=CN12. The quantitative estimate of drug-likeness (QED) is 0.592. The van der Waals surface area contributed by atoms with Crippen molar-refractivity contribution in [3.63, 3.8) is 0 Å². The van der Waals surface area contributed by atoms with Crippen LogP contribution in [0.1, 0.15) is 54.8 Å². The Morgan fingerprint density at radius 2 is 1.65 bits per heavy atom. The van der Waals surface area contributed by atoms with Gasteiger partial charge in [0.25, 0.3) is 0 Å². The van der Waals surface area contributed by atoms with Crippen molar-refractivity contribution >= 4 is 29.5 Å². The number of carbonyl (C=O) groups is 3. The molecule has 2 saturated heterocycles. The van der Waals surface area contributed by atoms with E-state index in [1.165, 1.54) is 17.0 Å². The second-order valence-corrected chi connectivity index (χ2v) is 10.2. The molecule has 3 aliphatic heterocycles. The molecule has 3 fully saturated rings. The lowest BCUT2D eigenvalue weighted by Gasteiger charge is -2.37. The molecule has 0 unspecified atom stereocenters. The molecule has 0 bridgehead atoms. The molecule has 0 aromatic heterocycles. The number of benzene rings is 2. The van der Waals surface area contributed by atoms with Crippen molar-refractivity contribution in [3.8, 4) is 0 Å². The highest BCUT2D eigenvalue weighted by Gasteiger charge is 2.65. The molecule has 192 valence electrons. The lowest BCUT2D eigenvalue weighted by molar-refractivity contribution is -0.146. The molecule has 1 aliphatic carbocycles. The third kappa shape index (κ3) is 3.83. The third-order valence-electron chi connectivity index (χ3n) is 8.16. The molecule has 6 nitrogen and oxygen atoms in total. The number of rotatable bonds is 3. The molecule has 1 N–H and O–H groups in total. The molecule has 3 amide bonds. The molecular weight excluding hydrogens is 483 g/mol. The van der Waals surface area contributed by atoms with Gasteiger partial charge < -0.3 is 10.2 Å². The second kappa shape index (κ2) is 8.75. The summed E-state index contributed by atoms with van der Waals surface area (Å²) >= 11 is 0. The first-order chi connectivity index (χ1) is 17.8. The largest absolute Gasteiger partial charge is 0.416 e. The van der Waals surface area contributed by atoms with Gasteiger partial charge in [-0.15, -0.1) is 0 Å². The number of alkyl halides is 3. The molecular formula is C28H26F3N3O3. The van der Waals surface area contributed by atoms with E-state index >= 15 is 0 Å². The predicted octanol–water partition coefficient (Wildman–Crippen LogP) is 4.99. The number of fused-ring (bicyclic) bond motifs is 5. The van der Waals surface area contributed by atoms with Crippen LogP contribution in [0.15, 0.2) is 54.7 Å². The van der Waals surface area contributed by atoms with E-state index in [1.807, 2.05) is 30.3 Å². The molecule has 4 aliphatic rings. The average Bonchev–Trinajstić information content (AvgIpc) is 3.36. The molecule has 1 saturated carbocycles. The number of nitrogens with zero attached hydrogens (tertiary/aromatic N) is 2. The van der Waals surface area contributed by atoms with Crippen LogP contribution in [0.25, 0.3) is 6.08 Å². The van der Waals surface area contributed by atoms with Crippen LogP contribution in [0.4, 0.5) is 18.9 Å². The van der Waals surface area contributed by atoms with Crippen LogP contribution in [-0.4, -0.2) is 39.6 Å². The zero-order valence-electron chi connectivity index (χ0n) is 19.9. The highest BCUT2D eigenvalue weighted by Crippen LogP contribution is 2.53. The van der Waals surface area contributed by atoms with Crippen molar-refractivity contribution in [3.05, 3.63) is 71.4 Å². The first kappa shape index (κ1) is 23.8. The van der Waals surface area contributed by atoms with Crippen LogP contribution in [0.5, 0.6) is 0 Å². The van der Waals surface area contributed by atoms with Crippen molar-refractivity contribution in [1.82, 2.24) is 9.80 Å². The fraction of sp³-hybridized carbons (Fsp3) is 0.393. The van der Waals surface area contributed by atoms with Gasteiger partial charge in [0, 0.05) is 17.9 Å². The topological polar surface area (TPSA) is 69.7 Å². The van der Waals surface area contributed by atoms with Crippen molar-refractivity contribution in [2.45, 2.75) is 56.4 Å². The van der Waals surface area contributed by atoms with E-state index in [1.54, 1.807) is 11.1 Å². The number of hydrogen-bond acceptors (Lipinski definition) is 4. The Balaban J connectivity index is 1.38. The first-order valence-electron chi connectivity index (χ1n) is 12.7. The summed E-state index contributed by atoms with van der Waals surface area (Å²) in [7, 11) is 0. The van der Waals surface area contributed by atoms with E-state index < -0.39 is 41.6 Å². The van der Waals surface area contributed by atoms with Crippen molar-refractivity contribution in [2.75, 3.05) is 5.32 Å². The Hall–Kier alpha value is -3.62. The maximum Gasteiger partial charge on any atom is 0.416 e. The number of likely N-dealkylation sites (tertiary alicyclic amines) is 1. The number of anilines is 1. The Morgan fingerprint density at radius 3 is 2.41 bits per heavy atom. The second-order valence-electron chi connectivity index (χ2n) is 10.2. The monoisotopic (exact) mass is 509 g/mol. The Bertz CT molecular complexity index is 1300. The van der Waals surface area contributed by atoms with Crippen molar-refractivity contribution < 1.29 is 27.6 Å². The maximum atomic E-state index is 13.8. The van der Waals surface area contributed by atoms with Crippen molar-refractivity contribution in [2.24, 2.45) is 11.8 Å². The lowest BCUT2D eigenvalue weighted by Crippen LogP contribution is -2.49. The summed E-state index contributed by atoms with van der Waals surface area (Å²) in [5, 5.41) is 2.60. The van der Waals surface area contributed by atoms with Crippen LogP contribution in [0.3, 0.4) is 0 Å². The summed E-state index contributed by atoms with van der Waals surface area (Å²) in [6.07, 6.45) is 3.47. The van der Waals surface area contributed by atoms with Crippen LogP contribution in [0, 0.1) is 11.8 Å². The molecule has 2 aromatic rings. The third-order valence-corrected chi connectivity index (χ3v) is 8.16. The number of imide groups is 1. The van der Waals surface area contributed by atoms with E-state index in [4.69, 9.17) is 0 Å². The van der Waals surface area contributed by atoms with Gasteiger partial charge >= 0.3 is 6.18 Å². The molecule has 6 rings (SSSR count). The minimum atomic E-state index is -4.56. The molecule has 37 heavy (non-hydrogen) atoms. The smallest absolute Gasteiger partial charge is 0.357 e. The van der Waals surface area contributed by atoms with E-state index in [0.29, 0.717) is 0 Å². The van der Waals surface area contributed by atoms with Gasteiger partial charge in [0.1, 0.15) is 6.04 Å². The molecule has 4 atom stereocenters. The zero-order chi connectivity index (χ0) is 25.9. The average molecular weight is 510 g/mol. The summed E-state index contributed by atoms with van der Waals surface area (Å²) < 4.78 is 39.7.